The highest BCUT2D eigenvalue weighted by atomic mass is 19.4. The fourth-order valence-corrected chi connectivity index (χ4v) is 3.92. The van der Waals surface area contributed by atoms with Crippen LogP contribution < -0.4 is 9.64 Å². The Morgan fingerprint density at radius 1 is 1.13 bits per heavy atom. The molecule has 1 aliphatic rings. The molecule has 1 unspecified atom stereocenters. The summed E-state index contributed by atoms with van der Waals surface area (Å²) in [5.41, 5.74) is -2.86. The Labute approximate surface area is 177 Å². The van der Waals surface area contributed by atoms with E-state index in [1.165, 1.54) is 31.2 Å². The van der Waals surface area contributed by atoms with E-state index in [1.54, 1.807) is 24.3 Å². The van der Waals surface area contributed by atoms with Gasteiger partial charge >= 0.3 is 12.2 Å². The van der Waals surface area contributed by atoms with Gasteiger partial charge in [-0.15, -0.1) is 0 Å². The number of benzene rings is 2. The quantitative estimate of drug-likeness (QED) is 0.645. The molecule has 0 spiro atoms. The molecule has 2 aromatic carbocycles. The first-order valence-electron chi connectivity index (χ1n) is 9.50. The minimum atomic E-state index is -4.81. The summed E-state index contributed by atoms with van der Waals surface area (Å²) in [6.45, 7) is 1.85. The number of anilines is 1. The highest BCUT2D eigenvalue weighted by molar-refractivity contribution is 6.23. The van der Waals surface area contributed by atoms with Crippen molar-refractivity contribution in [3.63, 3.8) is 0 Å². The first kappa shape index (κ1) is 22.2. The van der Waals surface area contributed by atoms with E-state index in [2.05, 4.69) is 0 Å². The maximum absolute atomic E-state index is 13.6. The third kappa shape index (κ3) is 3.48. The van der Waals surface area contributed by atoms with Gasteiger partial charge in [-0.05, 0) is 42.3 Å². The summed E-state index contributed by atoms with van der Waals surface area (Å²) in [7, 11) is 2.95. The number of halogens is 3. The van der Waals surface area contributed by atoms with Crippen LogP contribution in [0.25, 0.3) is 0 Å². The van der Waals surface area contributed by atoms with Gasteiger partial charge in [0.15, 0.2) is 0 Å². The van der Waals surface area contributed by atoms with E-state index in [4.69, 9.17) is 10.00 Å². The van der Waals surface area contributed by atoms with Crippen LogP contribution in [0.15, 0.2) is 42.5 Å². The number of carbonyl (C=O) groups excluding carboxylic acids is 2. The van der Waals surface area contributed by atoms with Crippen molar-refractivity contribution in [3.8, 4) is 11.8 Å². The molecule has 1 fully saturated rings. The van der Waals surface area contributed by atoms with Crippen LogP contribution in [0.3, 0.4) is 0 Å². The first-order valence-corrected chi connectivity index (χ1v) is 9.50. The summed E-state index contributed by atoms with van der Waals surface area (Å²) in [5.74, 6) is -0.0848. The average molecular weight is 431 g/mol. The lowest BCUT2D eigenvalue weighted by atomic mass is 9.84. The predicted octanol–water partition coefficient (Wildman–Crippen LogP) is 4.68. The molecule has 0 aromatic heterocycles. The highest BCUT2D eigenvalue weighted by Gasteiger charge is 2.56. The monoisotopic (exact) mass is 431 g/mol. The van der Waals surface area contributed by atoms with E-state index in [1.807, 2.05) is 6.92 Å². The van der Waals surface area contributed by atoms with Gasteiger partial charge in [-0.3, -0.25) is 4.79 Å². The third-order valence-electron chi connectivity index (χ3n) is 5.47. The number of nitrogens with zero attached hydrogens (tertiary/aromatic N) is 3. The van der Waals surface area contributed by atoms with Gasteiger partial charge in [-0.1, -0.05) is 25.5 Å². The molecule has 0 bridgehead atoms. The number of alkyl halides is 3. The fraction of sp³-hybridized carbons (Fsp3) is 0.318. The summed E-state index contributed by atoms with van der Waals surface area (Å²) >= 11 is 0. The van der Waals surface area contributed by atoms with Gasteiger partial charge in [-0.2, -0.15) is 18.4 Å². The standard InChI is InChI=1S/C22H20F3N3O3/c1-4-11-21(15-6-9-17(31-3)10-7-15)19(29)28(20(30)27(21)2)16-8-5-14(13-26)18(12-16)22(23,24)25/h5-10,12H,4,11H2,1-3H3. The molecule has 3 rings (SSSR count). The molecular weight excluding hydrogens is 411 g/mol. The molecule has 0 aliphatic carbocycles. The van der Waals surface area contributed by atoms with Crippen molar-refractivity contribution in [1.29, 1.82) is 5.26 Å². The predicted molar refractivity (Wildman–Crippen MR) is 106 cm³/mol. The molecule has 0 N–H and O–H groups in total. The van der Waals surface area contributed by atoms with Crippen LogP contribution in [0.2, 0.25) is 0 Å². The highest BCUT2D eigenvalue weighted by Crippen LogP contribution is 2.43. The minimum Gasteiger partial charge on any atom is -0.497 e. The van der Waals surface area contributed by atoms with Crippen molar-refractivity contribution in [3.05, 3.63) is 59.2 Å². The zero-order valence-electron chi connectivity index (χ0n) is 17.2. The number of urea groups is 1. The molecule has 3 amide bonds. The maximum atomic E-state index is 13.6. The number of hydrogen-bond donors (Lipinski definition) is 0. The second kappa shape index (κ2) is 7.95. The number of likely N-dealkylation sites (N-methyl/N-ethyl adjacent to an activating group) is 1. The second-order valence-corrected chi connectivity index (χ2v) is 7.16. The zero-order valence-corrected chi connectivity index (χ0v) is 17.2. The van der Waals surface area contributed by atoms with Crippen molar-refractivity contribution in [2.75, 3.05) is 19.1 Å². The molecule has 31 heavy (non-hydrogen) atoms. The number of imide groups is 1. The van der Waals surface area contributed by atoms with E-state index in [0.29, 0.717) is 23.8 Å². The minimum absolute atomic E-state index is 0.236. The van der Waals surface area contributed by atoms with Crippen molar-refractivity contribution in [2.24, 2.45) is 0 Å². The number of hydrogen-bond acceptors (Lipinski definition) is 4. The number of ether oxygens (including phenoxy) is 1. The lowest BCUT2D eigenvalue weighted by molar-refractivity contribution is -0.137. The molecule has 1 saturated heterocycles. The van der Waals surface area contributed by atoms with Crippen LogP contribution in [0.1, 0.15) is 36.5 Å². The maximum Gasteiger partial charge on any atom is 0.417 e. The van der Waals surface area contributed by atoms with Crippen LogP contribution in [-0.2, 0) is 16.5 Å². The van der Waals surface area contributed by atoms with Gasteiger partial charge < -0.3 is 9.64 Å². The number of nitriles is 1. The summed E-state index contributed by atoms with van der Waals surface area (Å²) in [5, 5.41) is 9.01. The Bertz CT molecular complexity index is 1060. The lowest BCUT2D eigenvalue weighted by Crippen LogP contribution is -2.45. The van der Waals surface area contributed by atoms with Gasteiger partial charge in [0.25, 0.3) is 5.91 Å². The molecule has 1 heterocycles. The fourth-order valence-electron chi connectivity index (χ4n) is 3.92. The van der Waals surface area contributed by atoms with E-state index < -0.39 is 34.8 Å². The summed E-state index contributed by atoms with van der Waals surface area (Å²) in [6, 6.07) is 10.2. The van der Waals surface area contributed by atoms with Crippen LogP contribution in [0.5, 0.6) is 5.75 Å². The van der Waals surface area contributed by atoms with Gasteiger partial charge in [0, 0.05) is 7.05 Å². The van der Waals surface area contributed by atoms with Crippen molar-refractivity contribution in [1.82, 2.24) is 4.90 Å². The molecule has 0 radical (unpaired) electrons. The Morgan fingerprint density at radius 3 is 2.29 bits per heavy atom. The lowest BCUT2D eigenvalue weighted by Gasteiger charge is -2.33. The normalized spacial score (nSPS) is 19.0. The van der Waals surface area contributed by atoms with E-state index in [-0.39, 0.29) is 12.1 Å². The van der Waals surface area contributed by atoms with Gasteiger partial charge in [0.05, 0.1) is 30.0 Å². The Kier molecular flexibility index (Phi) is 5.68. The van der Waals surface area contributed by atoms with Crippen LogP contribution >= 0.6 is 0 Å². The molecule has 6 nitrogen and oxygen atoms in total. The smallest absolute Gasteiger partial charge is 0.417 e. The van der Waals surface area contributed by atoms with E-state index in [0.717, 1.165) is 11.0 Å². The van der Waals surface area contributed by atoms with Crippen LogP contribution in [-0.4, -0.2) is 31.0 Å². The molecule has 2 aromatic rings. The second-order valence-electron chi connectivity index (χ2n) is 7.16. The number of carbonyl (C=O) groups is 2. The number of rotatable bonds is 5. The van der Waals surface area contributed by atoms with Gasteiger partial charge in [-0.25, -0.2) is 9.69 Å². The first-order chi connectivity index (χ1) is 14.6. The Hall–Kier alpha value is -3.54. The SMILES string of the molecule is CCCC1(c2ccc(OC)cc2)C(=O)N(c2ccc(C#N)c(C(F)(F)F)c2)C(=O)N1C. The number of amides is 3. The van der Waals surface area contributed by atoms with Crippen molar-refractivity contribution in [2.45, 2.75) is 31.5 Å². The van der Waals surface area contributed by atoms with E-state index >= 15 is 0 Å². The largest absolute Gasteiger partial charge is 0.497 e. The van der Waals surface area contributed by atoms with Crippen LogP contribution in [0.4, 0.5) is 23.7 Å². The summed E-state index contributed by atoms with van der Waals surface area (Å²) < 4.78 is 45.4. The molecule has 1 aliphatic heterocycles. The van der Waals surface area contributed by atoms with Crippen LogP contribution in [0, 0.1) is 11.3 Å². The molecule has 1 atom stereocenters. The average Bonchev–Trinajstić information content (AvgIpc) is 2.94. The summed E-state index contributed by atoms with van der Waals surface area (Å²) in [4.78, 5) is 28.7. The Balaban J connectivity index is 2.16. The molecule has 9 heteroatoms. The summed E-state index contributed by atoms with van der Waals surface area (Å²) in [6.07, 6.45) is -3.99. The number of methoxy groups -OCH3 is 1. The van der Waals surface area contributed by atoms with E-state index in [9.17, 15) is 22.8 Å². The van der Waals surface area contributed by atoms with Crippen molar-refractivity contribution < 1.29 is 27.5 Å². The topological polar surface area (TPSA) is 73.6 Å². The van der Waals surface area contributed by atoms with Gasteiger partial charge in [0.2, 0.25) is 0 Å². The Morgan fingerprint density at radius 2 is 1.77 bits per heavy atom. The van der Waals surface area contributed by atoms with Crippen molar-refractivity contribution >= 4 is 17.6 Å². The molecule has 162 valence electrons. The third-order valence-corrected chi connectivity index (χ3v) is 5.47. The zero-order chi connectivity index (χ0) is 23.0. The van der Waals surface area contributed by atoms with Gasteiger partial charge in [0.1, 0.15) is 11.3 Å². The molecule has 0 saturated carbocycles. The molecular formula is C22H20F3N3O3.